The topological polar surface area (TPSA) is 284 Å². The lowest BCUT2D eigenvalue weighted by Crippen LogP contribution is -2.58. The molecule has 4 unspecified atom stereocenters. The summed E-state index contributed by atoms with van der Waals surface area (Å²) in [6, 6.07) is 9.32. The van der Waals surface area contributed by atoms with Crippen molar-refractivity contribution in [1.29, 1.82) is 0 Å². The van der Waals surface area contributed by atoms with Gasteiger partial charge < -0.3 is 53.3 Å². The number of carboxylic acid groups (broad SMARTS) is 2. The van der Waals surface area contributed by atoms with Gasteiger partial charge in [0.2, 0.25) is 17.7 Å². The van der Waals surface area contributed by atoms with E-state index in [4.69, 9.17) is 22.3 Å². The third-order valence-electron chi connectivity index (χ3n) is 7.76. The van der Waals surface area contributed by atoms with Gasteiger partial charge in [-0.05, 0) is 36.1 Å². The van der Waals surface area contributed by atoms with Crippen molar-refractivity contribution >= 4 is 57.4 Å². The highest BCUT2D eigenvalue weighted by atomic mass is 16.4. The van der Waals surface area contributed by atoms with Crippen LogP contribution in [0, 0.1) is 0 Å². The molecule has 16 heteroatoms. The second-order valence-corrected chi connectivity index (χ2v) is 11.3. The number of aromatic nitrogens is 2. The number of nitrogens with one attached hydrogen (secondary N) is 5. The van der Waals surface area contributed by atoms with E-state index in [2.05, 4.69) is 30.9 Å². The highest BCUT2D eigenvalue weighted by Gasteiger charge is 2.32. The molecule has 16 nitrogen and oxygen atoms in total. The molecule has 0 bridgehead atoms. The van der Waals surface area contributed by atoms with Gasteiger partial charge in [-0.25, -0.2) is 4.79 Å². The zero-order chi connectivity index (χ0) is 34.8. The molecule has 4 atom stereocenters. The van der Waals surface area contributed by atoms with Crippen LogP contribution in [0.15, 0.2) is 65.9 Å². The van der Waals surface area contributed by atoms with Crippen LogP contribution in [0.2, 0.25) is 0 Å². The quantitative estimate of drug-likeness (QED) is 0.0405. The molecular formula is C32H39N9O7. The first-order valence-corrected chi connectivity index (χ1v) is 15.2. The predicted molar refractivity (Wildman–Crippen MR) is 178 cm³/mol. The molecule has 2 aromatic carbocycles. The van der Waals surface area contributed by atoms with E-state index in [1.54, 1.807) is 12.4 Å². The maximum Gasteiger partial charge on any atom is 0.326 e. The molecule has 13 N–H and O–H groups in total. The number of amides is 3. The van der Waals surface area contributed by atoms with E-state index < -0.39 is 60.2 Å². The molecule has 0 saturated carbocycles. The van der Waals surface area contributed by atoms with Crippen LogP contribution in [0.3, 0.4) is 0 Å². The Morgan fingerprint density at radius 3 is 1.69 bits per heavy atom. The number of aliphatic carboxylic acids is 2. The SMILES string of the molecule is NC(N)=NCCCC(NC(=O)C(Cc1c[nH]c2ccccc12)NC(=O)C(Cc1c[nH]c2ccccc12)NC(=O)C(N)CC(=O)O)C(=O)O. The second kappa shape index (κ2) is 16.1. The molecule has 3 amide bonds. The summed E-state index contributed by atoms with van der Waals surface area (Å²) in [5.41, 5.74) is 19.4. The van der Waals surface area contributed by atoms with Crippen molar-refractivity contribution in [3.63, 3.8) is 0 Å². The van der Waals surface area contributed by atoms with Crippen LogP contribution < -0.4 is 33.2 Å². The molecule has 0 spiro atoms. The molecule has 0 aliphatic carbocycles. The lowest BCUT2D eigenvalue weighted by Gasteiger charge is -2.25. The monoisotopic (exact) mass is 661 g/mol. The van der Waals surface area contributed by atoms with Crippen LogP contribution in [0.5, 0.6) is 0 Å². The van der Waals surface area contributed by atoms with Gasteiger partial charge in [0.15, 0.2) is 5.96 Å². The maximum absolute atomic E-state index is 14.0. The number of fused-ring (bicyclic) bond motifs is 2. The first-order valence-electron chi connectivity index (χ1n) is 15.2. The lowest BCUT2D eigenvalue weighted by atomic mass is 10.0. The standard InChI is InChI=1S/C32H39N9O7/c33-21(14-27(42)43)28(44)40-25(12-17-15-37-22-8-3-1-6-19(17)22)30(46)41-26(13-18-16-38-23-9-4-2-7-20(18)23)29(45)39-24(31(47)48)10-5-11-36-32(34)35/h1-4,6-9,15-16,21,24-26,37-38H,5,10-14,33H2,(H,39,45)(H,40,44)(H,41,46)(H,42,43)(H,47,48)(H4,34,35,36). The number of nitrogens with zero attached hydrogens (tertiary/aromatic N) is 1. The van der Waals surface area contributed by atoms with Crippen molar-refractivity contribution in [3.8, 4) is 0 Å². The normalized spacial score (nSPS) is 13.6. The smallest absolute Gasteiger partial charge is 0.326 e. The first kappa shape index (κ1) is 35.0. The molecule has 2 aromatic heterocycles. The minimum atomic E-state index is -1.44. The number of carboxylic acids is 2. The molecular weight excluding hydrogens is 622 g/mol. The number of H-pyrrole nitrogens is 2. The first-order chi connectivity index (χ1) is 22.9. The predicted octanol–water partition coefficient (Wildman–Crippen LogP) is -0.171. The number of carbonyl (C=O) groups is 5. The number of aromatic amines is 2. The second-order valence-electron chi connectivity index (χ2n) is 11.3. The summed E-state index contributed by atoms with van der Waals surface area (Å²) in [5, 5.41) is 28.3. The fourth-order valence-electron chi connectivity index (χ4n) is 5.32. The minimum Gasteiger partial charge on any atom is -0.481 e. The Balaban J connectivity index is 1.62. The highest BCUT2D eigenvalue weighted by molar-refractivity contribution is 5.96. The highest BCUT2D eigenvalue weighted by Crippen LogP contribution is 2.21. The van der Waals surface area contributed by atoms with E-state index in [9.17, 15) is 29.1 Å². The molecule has 0 aliphatic rings. The van der Waals surface area contributed by atoms with Gasteiger partial charge in [-0.2, -0.15) is 0 Å². The minimum absolute atomic E-state index is 0.00627. The van der Waals surface area contributed by atoms with Gasteiger partial charge in [0.25, 0.3) is 0 Å². The van der Waals surface area contributed by atoms with Gasteiger partial charge in [-0.15, -0.1) is 0 Å². The Morgan fingerprint density at radius 2 is 1.21 bits per heavy atom. The van der Waals surface area contributed by atoms with Crippen molar-refractivity contribution in [3.05, 3.63) is 72.1 Å². The van der Waals surface area contributed by atoms with Crippen LogP contribution >= 0.6 is 0 Å². The van der Waals surface area contributed by atoms with Crippen molar-refractivity contribution in [2.45, 2.75) is 56.3 Å². The van der Waals surface area contributed by atoms with E-state index in [-0.39, 0.29) is 38.2 Å². The molecule has 0 saturated heterocycles. The van der Waals surface area contributed by atoms with E-state index in [0.717, 1.165) is 21.8 Å². The lowest BCUT2D eigenvalue weighted by molar-refractivity contribution is -0.142. The summed E-state index contributed by atoms with van der Waals surface area (Å²) in [6.07, 6.45) is 2.90. The molecule has 4 aromatic rings. The van der Waals surface area contributed by atoms with Crippen molar-refractivity contribution < 1.29 is 34.2 Å². The molecule has 2 heterocycles. The number of carbonyl (C=O) groups excluding carboxylic acids is 3. The molecule has 4 rings (SSSR count). The molecule has 0 aliphatic heterocycles. The summed E-state index contributed by atoms with van der Waals surface area (Å²) in [5.74, 6) is -5.15. The van der Waals surface area contributed by atoms with E-state index >= 15 is 0 Å². The fourth-order valence-corrected chi connectivity index (χ4v) is 5.32. The largest absolute Gasteiger partial charge is 0.481 e. The Kier molecular flexibility index (Phi) is 11.7. The zero-order valence-corrected chi connectivity index (χ0v) is 25.9. The fraction of sp³-hybridized carbons (Fsp3) is 0.312. The van der Waals surface area contributed by atoms with E-state index in [1.807, 2.05) is 48.5 Å². The summed E-state index contributed by atoms with van der Waals surface area (Å²) in [7, 11) is 0. The third-order valence-corrected chi connectivity index (χ3v) is 7.76. The van der Waals surface area contributed by atoms with Crippen LogP contribution in [0.4, 0.5) is 0 Å². The Labute approximate surface area is 274 Å². The van der Waals surface area contributed by atoms with Crippen LogP contribution in [0.25, 0.3) is 21.8 Å². The van der Waals surface area contributed by atoms with Crippen molar-refractivity contribution in [2.75, 3.05) is 6.54 Å². The maximum atomic E-state index is 14.0. The van der Waals surface area contributed by atoms with Crippen LogP contribution in [-0.2, 0) is 36.8 Å². The summed E-state index contributed by atoms with van der Waals surface area (Å²) in [6.45, 7) is 0.150. The zero-order valence-electron chi connectivity index (χ0n) is 25.9. The number of hydrogen-bond donors (Lipinski definition) is 10. The van der Waals surface area contributed by atoms with Gasteiger partial charge in [0, 0.05) is 53.6 Å². The van der Waals surface area contributed by atoms with Gasteiger partial charge in [-0.3, -0.25) is 24.2 Å². The van der Waals surface area contributed by atoms with Gasteiger partial charge >= 0.3 is 11.9 Å². The van der Waals surface area contributed by atoms with Crippen molar-refractivity contribution in [1.82, 2.24) is 25.9 Å². The molecule has 48 heavy (non-hydrogen) atoms. The summed E-state index contributed by atoms with van der Waals surface area (Å²) >= 11 is 0. The average Bonchev–Trinajstić information content (AvgIpc) is 3.65. The number of benzene rings is 2. The van der Waals surface area contributed by atoms with Crippen molar-refractivity contribution in [2.24, 2.45) is 22.2 Å². The summed E-state index contributed by atoms with van der Waals surface area (Å²) < 4.78 is 0. The Bertz CT molecular complexity index is 1810. The van der Waals surface area contributed by atoms with Crippen LogP contribution in [0.1, 0.15) is 30.4 Å². The van der Waals surface area contributed by atoms with E-state index in [1.165, 1.54) is 0 Å². The third kappa shape index (κ3) is 9.32. The van der Waals surface area contributed by atoms with Gasteiger partial charge in [0.05, 0.1) is 12.5 Å². The van der Waals surface area contributed by atoms with Gasteiger partial charge in [0.1, 0.15) is 18.1 Å². The number of hydrogen-bond acceptors (Lipinski definition) is 7. The van der Waals surface area contributed by atoms with Gasteiger partial charge in [-0.1, -0.05) is 36.4 Å². The average molecular weight is 662 g/mol. The number of guanidine groups is 1. The van der Waals surface area contributed by atoms with Crippen LogP contribution in [-0.4, -0.2) is 86.5 Å². The molecule has 254 valence electrons. The number of aliphatic imine (C=N–C) groups is 1. The number of rotatable bonds is 17. The Morgan fingerprint density at radius 1 is 0.729 bits per heavy atom. The molecule has 0 radical (unpaired) electrons. The number of nitrogens with two attached hydrogens (primary N) is 3. The van der Waals surface area contributed by atoms with E-state index in [0.29, 0.717) is 11.1 Å². The number of para-hydroxylation sites is 2. The Hall–Kier alpha value is -5.90. The summed E-state index contributed by atoms with van der Waals surface area (Å²) in [4.78, 5) is 73.9. The molecule has 0 fully saturated rings.